The van der Waals surface area contributed by atoms with E-state index < -0.39 is 18.0 Å². The first-order valence-electron chi connectivity index (χ1n) is 10.0. The third-order valence-electron chi connectivity index (χ3n) is 5.24. The summed E-state index contributed by atoms with van der Waals surface area (Å²) in [4.78, 5) is 12.7. The van der Waals surface area contributed by atoms with Crippen LogP contribution in [0.25, 0.3) is 5.57 Å². The van der Waals surface area contributed by atoms with E-state index in [1.807, 2.05) is 32.1 Å². The van der Waals surface area contributed by atoms with Gasteiger partial charge in [0.05, 0.1) is 11.2 Å². The molecule has 1 heterocycles. The molecule has 1 aliphatic carbocycles. The standard InChI is InChI=1S/C24H27F2N3O2/c1-24(2,31-4)14-13-16-9-11-17(12-10-16)18-7-5-6-8-20(18)27-23(30)19-15-29(3)28-21(19)22(25)26/h5-9,11-13,15,22H,10,14H2,1-4H3,(H,27,30). The van der Waals surface area contributed by atoms with Crippen LogP contribution in [0.5, 0.6) is 0 Å². The minimum absolute atomic E-state index is 0.133. The zero-order valence-corrected chi connectivity index (χ0v) is 18.2. The fraction of sp³-hybridized carbons (Fsp3) is 0.333. The normalized spacial score (nSPS) is 15.5. The Morgan fingerprint density at radius 1 is 1.32 bits per heavy atom. The lowest BCUT2D eigenvalue weighted by Gasteiger charge is -2.21. The second kappa shape index (κ2) is 9.39. The van der Waals surface area contributed by atoms with E-state index in [-0.39, 0.29) is 11.2 Å². The molecule has 7 heteroatoms. The van der Waals surface area contributed by atoms with Crippen molar-refractivity contribution in [2.45, 2.75) is 38.7 Å². The van der Waals surface area contributed by atoms with Crippen LogP contribution < -0.4 is 5.32 Å². The third kappa shape index (κ3) is 5.55. The van der Waals surface area contributed by atoms with Crippen molar-refractivity contribution in [3.8, 4) is 0 Å². The number of carbonyl (C=O) groups excluding carboxylic acids is 1. The van der Waals surface area contributed by atoms with Crippen LogP contribution in [0.4, 0.5) is 14.5 Å². The van der Waals surface area contributed by atoms with Gasteiger partial charge in [-0.3, -0.25) is 9.48 Å². The minimum Gasteiger partial charge on any atom is -0.378 e. The molecule has 0 fully saturated rings. The minimum atomic E-state index is -2.82. The average molecular weight is 427 g/mol. The molecule has 164 valence electrons. The van der Waals surface area contributed by atoms with E-state index in [1.54, 1.807) is 19.2 Å². The van der Waals surface area contributed by atoms with Gasteiger partial charge in [0.1, 0.15) is 5.69 Å². The molecule has 1 aliphatic rings. The highest BCUT2D eigenvalue weighted by Gasteiger charge is 2.23. The van der Waals surface area contributed by atoms with Crippen molar-refractivity contribution in [1.29, 1.82) is 0 Å². The van der Waals surface area contributed by atoms with Gasteiger partial charge in [-0.25, -0.2) is 8.78 Å². The number of anilines is 1. The van der Waals surface area contributed by atoms with Crippen molar-refractivity contribution in [3.05, 3.63) is 77.2 Å². The van der Waals surface area contributed by atoms with Gasteiger partial charge in [0.2, 0.25) is 0 Å². The maximum absolute atomic E-state index is 13.2. The summed E-state index contributed by atoms with van der Waals surface area (Å²) in [6.07, 6.45) is 8.33. The van der Waals surface area contributed by atoms with E-state index in [2.05, 4.69) is 28.6 Å². The molecule has 0 aliphatic heterocycles. The number of hydrogen-bond acceptors (Lipinski definition) is 3. The number of rotatable bonds is 7. The zero-order chi connectivity index (χ0) is 22.6. The van der Waals surface area contributed by atoms with Crippen LogP contribution in [-0.2, 0) is 11.8 Å². The van der Waals surface area contributed by atoms with Crippen LogP contribution in [0.3, 0.4) is 0 Å². The van der Waals surface area contributed by atoms with E-state index in [0.717, 1.165) is 24.0 Å². The van der Waals surface area contributed by atoms with Gasteiger partial charge in [0, 0.05) is 31.6 Å². The van der Waals surface area contributed by atoms with Crippen molar-refractivity contribution in [2.75, 3.05) is 12.4 Å². The second-order valence-electron chi connectivity index (χ2n) is 8.05. The van der Waals surface area contributed by atoms with Gasteiger partial charge in [-0.1, -0.05) is 42.5 Å². The number of nitrogens with one attached hydrogen (secondary N) is 1. The third-order valence-corrected chi connectivity index (χ3v) is 5.24. The lowest BCUT2D eigenvalue weighted by atomic mass is 9.93. The maximum atomic E-state index is 13.2. The summed E-state index contributed by atoms with van der Waals surface area (Å²) in [7, 11) is 3.21. The number of para-hydroxylation sites is 1. The van der Waals surface area contributed by atoms with Crippen molar-refractivity contribution < 1.29 is 18.3 Å². The molecule has 0 saturated carbocycles. The van der Waals surface area contributed by atoms with Crippen LogP contribution >= 0.6 is 0 Å². The van der Waals surface area contributed by atoms with E-state index in [0.29, 0.717) is 5.69 Å². The Morgan fingerprint density at radius 2 is 2.06 bits per heavy atom. The molecular weight excluding hydrogens is 400 g/mol. The smallest absolute Gasteiger partial charge is 0.282 e. The summed E-state index contributed by atoms with van der Waals surface area (Å²) in [6, 6.07) is 7.32. The summed E-state index contributed by atoms with van der Waals surface area (Å²) in [5.41, 5.74) is 2.65. The van der Waals surface area contributed by atoms with Crippen LogP contribution in [0.2, 0.25) is 0 Å². The van der Waals surface area contributed by atoms with Crippen molar-refractivity contribution in [3.63, 3.8) is 0 Å². The first-order chi connectivity index (χ1) is 14.7. The molecule has 0 unspecified atom stereocenters. The van der Waals surface area contributed by atoms with Gasteiger partial charge in [-0.2, -0.15) is 5.10 Å². The lowest BCUT2D eigenvalue weighted by molar-refractivity contribution is 0.0253. The number of ether oxygens (including phenoxy) is 1. The number of aromatic nitrogens is 2. The van der Waals surface area contributed by atoms with E-state index in [9.17, 15) is 13.6 Å². The number of halogens is 2. The number of alkyl halides is 2. The Bertz CT molecular complexity index is 1050. The molecule has 1 aromatic heterocycles. The molecular formula is C24H27F2N3O2. The SMILES string of the molecule is COC(C)(C)CC=C1C=CC(c2ccccc2NC(=O)c2cn(C)nc2C(F)F)=CC1. The molecule has 0 saturated heterocycles. The Hall–Kier alpha value is -3.06. The highest BCUT2D eigenvalue weighted by molar-refractivity contribution is 6.06. The van der Waals surface area contributed by atoms with Crippen molar-refractivity contribution >= 4 is 17.2 Å². The molecule has 1 N–H and O–H groups in total. The lowest BCUT2D eigenvalue weighted by Crippen LogP contribution is -2.21. The number of benzene rings is 1. The van der Waals surface area contributed by atoms with Crippen molar-refractivity contribution in [1.82, 2.24) is 9.78 Å². The maximum Gasteiger partial charge on any atom is 0.282 e. The highest BCUT2D eigenvalue weighted by atomic mass is 19.3. The summed E-state index contributed by atoms with van der Waals surface area (Å²) in [5, 5.41) is 6.47. The second-order valence-corrected chi connectivity index (χ2v) is 8.05. The van der Waals surface area contributed by atoms with Gasteiger partial charge < -0.3 is 10.1 Å². The zero-order valence-electron chi connectivity index (χ0n) is 18.2. The summed E-state index contributed by atoms with van der Waals surface area (Å²) in [6.45, 7) is 4.08. The topological polar surface area (TPSA) is 56.1 Å². The Kier molecular flexibility index (Phi) is 6.85. The molecule has 0 atom stereocenters. The predicted octanol–water partition coefficient (Wildman–Crippen LogP) is 5.69. The van der Waals surface area contributed by atoms with Crippen LogP contribution in [0.1, 0.15) is 54.7 Å². The van der Waals surface area contributed by atoms with E-state index >= 15 is 0 Å². The molecule has 0 bridgehead atoms. The highest BCUT2D eigenvalue weighted by Crippen LogP contribution is 2.31. The predicted molar refractivity (Wildman–Crippen MR) is 118 cm³/mol. The van der Waals surface area contributed by atoms with E-state index in [4.69, 9.17) is 4.74 Å². The number of methoxy groups -OCH3 is 1. The molecule has 1 amide bonds. The van der Waals surface area contributed by atoms with Crippen LogP contribution in [0.15, 0.2) is 60.3 Å². The average Bonchev–Trinajstić information content (AvgIpc) is 3.15. The molecule has 0 radical (unpaired) electrons. The van der Waals surface area contributed by atoms with Crippen LogP contribution in [0, 0.1) is 0 Å². The fourth-order valence-electron chi connectivity index (χ4n) is 3.25. The van der Waals surface area contributed by atoms with Gasteiger partial charge >= 0.3 is 0 Å². The number of allylic oxidation sites excluding steroid dienone is 5. The van der Waals surface area contributed by atoms with Gasteiger partial charge in [-0.15, -0.1) is 0 Å². The molecule has 1 aromatic carbocycles. The first-order valence-corrected chi connectivity index (χ1v) is 10.0. The van der Waals surface area contributed by atoms with Gasteiger partial charge in [-0.05, 0) is 43.9 Å². The fourth-order valence-corrected chi connectivity index (χ4v) is 3.25. The summed E-state index contributed by atoms with van der Waals surface area (Å²) in [5.74, 6) is -0.612. The number of hydrogen-bond donors (Lipinski definition) is 1. The molecule has 2 aromatic rings. The summed E-state index contributed by atoms with van der Waals surface area (Å²) >= 11 is 0. The number of amides is 1. The molecule has 0 spiro atoms. The Balaban J connectivity index is 1.78. The van der Waals surface area contributed by atoms with Crippen molar-refractivity contribution in [2.24, 2.45) is 7.05 Å². The number of nitrogens with zero attached hydrogens (tertiary/aromatic N) is 2. The molecule has 5 nitrogen and oxygen atoms in total. The largest absolute Gasteiger partial charge is 0.378 e. The van der Waals surface area contributed by atoms with Gasteiger partial charge in [0.25, 0.3) is 12.3 Å². The number of carbonyl (C=O) groups is 1. The first kappa shape index (κ1) is 22.6. The number of aryl methyl sites for hydroxylation is 1. The quantitative estimate of drug-likeness (QED) is 0.617. The molecule has 31 heavy (non-hydrogen) atoms. The Labute approximate surface area is 181 Å². The summed E-state index contributed by atoms with van der Waals surface area (Å²) < 4.78 is 33.1. The monoisotopic (exact) mass is 427 g/mol. The molecule has 3 rings (SSSR count). The van der Waals surface area contributed by atoms with E-state index in [1.165, 1.54) is 23.5 Å². The Morgan fingerprint density at radius 3 is 2.71 bits per heavy atom. The van der Waals surface area contributed by atoms with Gasteiger partial charge in [0.15, 0.2) is 0 Å². The van der Waals surface area contributed by atoms with Crippen LogP contribution in [-0.4, -0.2) is 28.4 Å².